The molecule has 162 valence electrons. The van der Waals surface area contributed by atoms with Gasteiger partial charge in [0.25, 0.3) is 10.1 Å². The molecule has 6 heteroatoms. The van der Waals surface area contributed by atoms with Gasteiger partial charge in [0.1, 0.15) is 6.10 Å². The van der Waals surface area contributed by atoms with Gasteiger partial charge in [-0.1, -0.05) is 20.8 Å². The van der Waals surface area contributed by atoms with E-state index < -0.39 is 10.1 Å². The van der Waals surface area contributed by atoms with E-state index in [9.17, 15) is 13.2 Å². The van der Waals surface area contributed by atoms with Crippen molar-refractivity contribution in [1.82, 2.24) is 0 Å². The van der Waals surface area contributed by atoms with Crippen molar-refractivity contribution in [2.75, 3.05) is 12.9 Å². The molecule has 4 aliphatic carbocycles. The third kappa shape index (κ3) is 3.00. The van der Waals surface area contributed by atoms with Gasteiger partial charge in [-0.25, -0.2) is 0 Å². The van der Waals surface area contributed by atoms with Crippen molar-refractivity contribution >= 4 is 15.9 Å². The standard InChI is InChI=1S/C23H34O5S/c1-13(12-27-29(4,25)26)15-5-6-16-19-17(8-10-22(15,16)2)23(3)9-7-14(24)11-18(23)20-21(19)28-20/h11,13,15-17,19-21H,5-10,12H2,1-4H3/t13?,15-,16+,17+,19+,20-,21+,22-,23-/m1/s1. The molecule has 0 aromatic heterocycles. The van der Waals surface area contributed by atoms with Gasteiger partial charge in [0.05, 0.1) is 19.0 Å². The number of hydrogen-bond acceptors (Lipinski definition) is 5. The number of epoxide rings is 1. The second kappa shape index (κ2) is 6.39. The lowest BCUT2D eigenvalue weighted by atomic mass is 9.46. The lowest BCUT2D eigenvalue weighted by Gasteiger charge is -2.57. The van der Waals surface area contributed by atoms with Crippen LogP contribution in [0, 0.1) is 40.4 Å². The van der Waals surface area contributed by atoms with Crippen molar-refractivity contribution in [3.8, 4) is 0 Å². The summed E-state index contributed by atoms with van der Waals surface area (Å²) < 4.78 is 34.4. The number of hydrogen-bond donors (Lipinski definition) is 0. The van der Waals surface area contributed by atoms with Crippen LogP contribution in [-0.4, -0.2) is 39.3 Å². The predicted octanol–water partition coefficient (Wildman–Crippen LogP) is 3.73. The number of carbonyl (C=O) groups excluding carboxylic acids is 1. The van der Waals surface area contributed by atoms with E-state index >= 15 is 0 Å². The molecule has 0 spiro atoms. The van der Waals surface area contributed by atoms with Crippen molar-refractivity contribution in [2.24, 2.45) is 40.4 Å². The molecule has 29 heavy (non-hydrogen) atoms. The Morgan fingerprint density at radius 1 is 1.21 bits per heavy atom. The molecule has 3 saturated carbocycles. The van der Waals surface area contributed by atoms with Gasteiger partial charge in [-0.3, -0.25) is 8.98 Å². The predicted molar refractivity (Wildman–Crippen MR) is 110 cm³/mol. The molecule has 0 aromatic carbocycles. The van der Waals surface area contributed by atoms with Crippen molar-refractivity contribution in [2.45, 2.75) is 71.5 Å². The molecule has 1 aliphatic heterocycles. The van der Waals surface area contributed by atoms with E-state index in [0.29, 0.717) is 30.1 Å². The Labute approximate surface area is 174 Å². The zero-order chi connectivity index (χ0) is 20.8. The third-order valence-corrected chi connectivity index (χ3v) is 10.1. The lowest BCUT2D eigenvalue weighted by Crippen LogP contribution is -2.54. The summed E-state index contributed by atoms with van der Waals surface area (Å²) in [5, 5.41) is 0. The van der Waals surface area contributed by atoms with Crippen LogP contribution in [0.5, 0.6) is 0 Å². The minimum atomic E-state index is -3.40. The average Bonchev–Trinajstić information content (AvgIpc) is 3.35. The molecule has 5 rings (SSSR count). The summed E-state index contributed by atoms with van der Waals surface area (Å²) in [6.45, 7) is 7.27. The van der Waals surface area contributed by atoms with Gasteiger partial charge in [0, 0.05) is 6.42 Å². The fourth-order valence-electron chi connectivity index (χ4n) is 8.13. The van der Waals surface area contributed by atoms with Gasteiger partial charge < -0.3 is 4.74 Å². The van der Waals surface area contributed by atoms with Crippen LogP contribution in [0.15, 0.2) is 11.6 Å². The quantitative estimate of drug-likeness (QED) is 0.510. The number of rotatable bonds is 4. The monoisotopic (exact) mass is 422 g/mol. The van der Waals surface area contributed by atoms with Gasteiger partial charge in [-0.15, -0.1) is 0 Å². The molecule has 1 saturated heterocycles. The summed E-state index contributed by atoms with van der Waals surface area (Å²) in [4.78, 5) is 12.1. The largest absolute Gasteiger partial charge is 0.365 e. The van der Waals surface area contributed by atoms with Gasteiger partial charge in [-0.05, 0) is 84.2 Å². The molecular formula is C23H34O5S. The van der Waals surface area contributed by atoms with Crippen molar-refractivity contribution in [3.63, 3.8) is 0 Å². The van der Waals surface area contributed by atoms with E-state index in [0.717, 1.165) is 19.1 Å². The Balaban J connectivity index is 1.41. The molecule has 1 heterocycles. The first-order valence-electron chi connectivity index (χ1n) is 11.3. The van der Waals surface area contributed by atoms with Crippen molar-refractivity contribution in [3.05, 3.63) is 11.6 Å². The van der Waals surface area contributed by atoms with Crippen LogP contribution in [0.3, 0.4) is 0 Å². The first-order chi connectivity index (χ1) is 13.5. The van der Waals surface area contributed by atoms with Crippen LogP contribution < -0.4 is 0 Å². The summed E-state index contributed by atoms with van der Waals surface area (Å²) in [6, 6.07) is 0. The molecule has 4 fully saturated rings. The third-order valence-electron chi connectivity index (χ3n) is 9.53. The maximum Gasteiger partial charge on any atom is 0.264 e. The highest BCUT2D eigenvalue weighted by Crippen LogP contribution is 2.70. The van der Waals surface area contributed by atoms with Crippen LogP contribution in [-0.2, 0) is 23.8 Å². The van der Waals surface area contributed by atoms with Crippen molar-refractivity contribution in [1.29, 1.82) is 0 Å². The molecule has 0 radical (unpaired) electrons. The SMILES string of the molecule is CC(COS(C)(=O)=O)[C@H]1CC[C@H]2[C@@H]3[C@@H]4O[C@@H]4C4=CC(=O)CC[C@]4(C)[C@H]3CC[C@]12C. The molecule has 0 N–H and O–H groups in total. The Bertz CT molecular complexity index is 862. The van der Waals surface area contributed by atoms with Crippen LogP contribution in [0.2, 0.25) is 0 Å². The summed E-state index contributed by atoms with van der Waals surface area (Å²) in [5.74, 6) is 2.79. The zero-order valence-electron chi connectivity index (χ0n) is 18.0. The van der Waals surface area contributed by atoms with Gasteiger partial charge in [-0.2, -0.15) is 8.42 Å². The van der Waals surface area contributed by atoms with E-state index in [1.165, 1.54) is 24.8 Å². The highest BCUT2D eigenvalue weighted by molar-refractivity contribution is 7.85. The van der Waals surface area contributed by atoms with E-state index in [1.807, 2.05) is 6.08 Å². The van der Waals surface area contributed by atoms with E-state index in [1.54, 1.807) is 0 Å². The zero-order valence-corrected chi connectivity index (χ0v) is 18.8. The molecule has 1 unspecified atom stereocenters. The fourth-order valence-corrected chi connectivity index (χ4v) is 8.59. The van der Waals surface area contributed by atoms with E-state index in [4.69, 9.17) is 8.92 Å². The summed E-state index contributed by atoms with van der Waals surface area (Å²) in [7, 11) is -3.40. The Hall–Kier alpha value is -0.720. The normalized spacial score (nSPS) is 49.4. The van der Waals surface area contributed by atoms with Crippen LogP contribution in [0.25, 0.3) is 0 Å². The maximum atomic E-state index is 12.1. The molecule has 0 amide bonds. The minimum absolute atomic E-state index is 0.112. The number of fused-ring (bicyclic) bond motifs is 8. The number of ketones is 1. The Morgan fingerprint density at radius 2 is 1.97 bits per heavy atom. The second-order valence-electron chi connectivity index (χ2n) is 11.0. The highest BCUT2D eigenvalue weighted by Gasteiger charge is 2.69. The van der Waals surface area contributed by atoms with Crippen LogP contribution >= 0.6 is 0 Å². The fraction of sp³-hybridized carbons (Fsp3) is 0.870. The van der Waals surface area contributed by atoms with Gasteiger partial charge >= 0.3 is 0 Å². The topological polar surface area (TPSA) is 73.0 Å². The average molecular weight is 423 g/mol. The Morgan fingerprint density at radius 3 is 2.69 bits per heavy atom. The number of carbonyl (C=O) groups is 1. The molecule has 5 aliphatic rings. The summed E-state index contributed by atoms with van der Waals surface area (Å²) in [5.41, 5.74) is 1.62. The maximum absolute atomic E-state index is 12.1. The van der Waals surface area contributed by atoms with E-state index in [-0.39, 0.29) is 41.3 Å². The van der Waals surface area contributed by atoms with E-state index in [2.05, 4.69) is 20.8 Å². The second-order valence-corrected chi connectivity index (χ2v) is 12.6. The first kappa shape index (κ1) is 20.2. The van der Waals surface area contributed by atoms with Crippen molar-refractivity contribution < 1.29 is 22.1 Å². The molecule has 0 bridgehead atoms. The first-order valence-corrected chi connectivity index (χ1v) is 13.1. The van der Waals surface area contributed by atoms with Gasteiger partial charge in [0.2, 0.25) is 0 Å². The Kier molecular flexibility index (Phi) is 4.45. The number of ether oxygens (including phenoxy) is 1. The minimum Gasteiger partial charge on any atom is -0.365 e. The highest BCUT2D eigenvalue weighted by atomic mass is 32.2. The molecular weight excluding hydrogens is 388 g/mol. The molecule has 9 atom stereocenters. The molecule has 0 aromatic rings. The van der Waals surface area contributed by atoms with Crippen LogP contribution in [0.4, 0.5) is 0 Å². The molecule has 5 nitrogen and oxygen atoms in total. The van der Waals surface area contributed by atoms with Crippen LogP contribution in [0.1, 0.15) is 59.3 Å². The summed E-state index contributed by atoms with van der Waals surface area (Å²) >= 11 is 0. The van der Waals surface area contributed by atoms with Gasteiger partial charge in [0.15, 0.2) is 5.78 Å². The summed E-state index contributed by atoms with van der Waals surface area (Å²) in [6.07, 6.45) is 9.86. The smallest absolute Gasteiger partial charge is 0.264 e. The lowest BCUT2D eigenvalue weighted by molar-refractivity contribution is -0.117.